The maximum atomic E-state index is 11.7. The molecule has 0 aliphatic heterocycles. The van der Waals surface area contributed by atoms with Crippen molar-refractivity contribution in [1.82, 2.24) is 14.9 Å². The fraction of sp³-hybridized carbons (Fsp3) is 0.333. The van der Waals surface area contributed by atoms with E-state index in [1.54, 1.807) is 6.92 Å². The summed E-state index contributed by atoms with van der Waals surface area (Å²) in [4.78, 5) is 3.93. The van der Waals surface area contributed by atoms with E-state index < -0.39 is 16.1 Å². The third kappa shape index (κ3) is 3.87. The van der Waals surface area contributed by atoms with Crippen LogP contribution in [0, 0.1) is 0 Å². The summed E-state index contributed by atoms with van der Waals surface area (Å²) >= 11 is 0. The number of benzene rings is 1. The standard InChI is InChI=1S/C12H15N3O3S/c1-2-19(16,17)15-11(12-13-9-18-14-12)8-10-6-4-3-5-7-10/h3-7,9,11,15H,2,8H2,1H3. The average Bonchev–Trinajstić information content (AvgIpc) is 2.93. The van der Waals surface area contributed by atoms with Crippen molar-refractivity contribution in [3.05, 3.63) is 48.1 Å². The molecule has 1 atom stereocenters. The van der Waals surface area contributed by atoms with Gasteiger partial charge >= 0.3 is 0 Å². The summed E-state index contributed by atoms with van der Waals surface area (Å²) < 4.78 is 30.7. The Morgan fingerprint density at radius 3 is 2.63 bits per heavy atom. The van der Waals surface area contributed by atoms with Gasteiger partial charge < -0.3 is 4.52 Å². The fourth-order valence-electron chi connectivity index (χ4n) is 1.67. The third-order valence-electron chi connectivity index (χ3n) is 2.67. The Morgan fingerprint density at radius 2 is 2.05 bits per heavy atom. The predicted molar refractivity (Wildman–Crippen MR) is 69.8 cm³/mol. The molecular formula is C12H15N3O3S. The molecule has 1 aromatic carbocycles. The minimum atomic E-state index is -3.34. The van der Waals surface area contributed by atoms with Gasteiger partial charge in [-0.2, -0.15) is 4.98 Å². The highest BCUT2D eigenvalue weighted by Gasteiger charge is 2.22. The molecule has 0 aliphatic carbocycles. The van der Waals surface area contributed by atoms with Gasteiger partial charge in [-0.3, -0.25) is 0 Å². The van der Waals surface area contributed by atoms with Gasteiger partial charge in [0, 0.05) is 0 Å². The lowest BCUT2D eigenvalue weighted by Crippen LogP contribution is -2.31. The zero-order valence-corrected chi connectivity index (χ0v) is 11.3. The van der Waals surface area contributed by atoms with E-state index in [2.05, 4.69) is 19.4 Å². The molecule has 0 saturated carbocycles. The normalized spacial score (nSPS) is 13.3. The number of nitrogens with one attached hydrogen (secondary N) is 1. The van der Waals surface area contributed by atoms with E-state index in [0.717, 1.165) is 5.56 Å². The van der Waals surface area contributed by atoms with E-state index in [1.165, 1.54) is 6.39 Å². The zero-order valence-electron chi connectivity index (χ0n) is 10.5. The van der Waals surface area contributed by atoms with E-state index in [9.17, 15) is 8.42 Å². The molecule has 7 heteroatoms. The molecule has 0 aliphatic rings. The maximum Gasteiger partial charge on any atom is 0.213 e. The van der Waals surface area contributed by atoms with E-state index >= 15 is 0 Å². The number of sulfonamides is 1. The number of aromatic nitrogens is 2. The van der Waals surface area contributed by atoms with Crippen molar-refractivity contribution in [2.45, 2.75) is 19.4 Å². The van der Waals surface area contributed by atoms with Gasteiger partial charge in [-0.1, -0.05) is 35.5 Å². The van der Waals surface area contributed by atoms with Crippen LogP contribution < -0.4 is 4.72 Å². The average molecular weight is 281 g/mol. The number of hydrogen-bond acceptors (Lipinski definition) is 5. The van der Waals surface area contributed by atoms with Crippen molar-refractivity contribution < 1.29 is 12.9 Å². The number of rotatable bonds is 6. The van der Waals surface area contributed by atoms with E-state index in [-0.39, 0.29) is 5.75 Å². The summed E-state index contributed by atoms with van der Waals surface area (Å²) in [6, 6.07) is 9.03. The SMILES string of the molecule is CCS(=O)(=O)NC(Cc1ccccc1)c1ncon1. The molecule has 0 fully saturated rings. The first kappa shape index (κ1) is 13.7. The number of hydrogen-bond donors (Lipinski definition) is 1. The van der Waals surface area contributed by atoms with Crippen LogP contribution in [0.1, 0.15) is 24.4 Å². The summed E-state index contributed by atoms with van der Waals surface area (Å²) in [5, 5.41) is 3.72. The van der Waals surface area contributed by atoms with Gasteiger partial charge in [0.2, 0.25) is 16.4 Å². The van der Waals surface area contributed by atoms with Gasteiger partial charge in [-0.05, 0) is 18.9 Å². The Labute approximate surface area is 111 Å². The van der Waals surface area contributed by atoms with Crippen LogP contribution in [0.4, 0.5) is 0 Å². The maximum absolute atomic E-state index is 11.7. The molecule has 102 valence electrons. The highest BCUT2D eigenvalue weighted by molar-refractivity contribution is 7.89. The first-order chi connectivity index (χ1) is 9.11. The van der Waals surface area contributed by atoms with Crippen LogP contribution in [0.2, 0.25) is 0 Å². The van der Waals surface area contributed by atoms with Crippen LogP contribution in [0.3, 0.4) is 0 Å². The summed E-state index contributed by atoms with van der Waals surface area (Å²) in [6.45, 7) is 1.58. The van der Waals surface area contributed by atoms with Gasteiger partial charge in [0.25, 0.3) is 0 Å². The minimum Gasteiger partial charge on any atom is -0.343 e. The molecule has 2 rings (SSSR count). The third-order valence-corrected chi connectivity index (χ3v) is 4.08. The highest BCUT2D eigenvalue weighted by Crippen LogP contribution is 2.16. The molecular weight excluding hydrogens is 266 g/mol. The van der Waals surface area contributed by atoms with Crippen LogP contribution in [-0.2, 0) is 16.4 Å². The van der Waals surface area contributed by atoms with Gasteiger partial charge in [-0.25, -0.2) is 13.1 Å². The Bertz CT molecular complexity index is 596. The van der Waals surface area contributed by atoms with E-state index in [4.69, 9.17) is 0 Å². The molecule has 1 aromatic heterocycles. The summed E-state index contributed by atoms with van der Waals surface area (Å²) in [5.74, 6) is 0.344. The van der Waals surface area contributed by atoms with Crippen LogP contribution in [0.5, 0.6) is 0 Å². The molecule has 6 nitrogen and oxygen atoms in total. The van der Waals surface area contributed by atoms with Crippen molar-refractivity contribution in [3.8, 4) is 0 Å². The van der Waals surface area contributed by atoms with Crippen LogP contribution in [0.25, 0.3) is 0 Å². The largest absolute Gasteiger partial charge is 0.343 e. The van der Waals surface area contributed by atoms with Crippen molar-refractivity contribution in [2.24, 2.45) is 0 Å². The Morgan fingerprint density at radius 1 is 1.32 bits per heavy atom. The summed E-state index contributed by atoms with van der Waals surface area (Å²) in [7, 11) is -3.34. The lowest BCUT2D eigenvalue weighted by atomic mass is 10.1. The molecule has 19 heavy (non-hydrogen) atoms. The molecule has 1 N–H and O–H groups in total. The molecule has 0 radical (unpaired) electrons. The van der Waals surface area contributed by atoms with Crippen molar-refractivity contribution in [3.63, 3.8) is 0 Å². The molecule has 0 spiro atoms. The monoisotopic (exact) mass is 281 g/mol. The Hall–Kier alpha value is -1.73. The topological polar surface area (TPSA) is 85.1 Å². The second-order valence-electron chi connectivity index (χ2n) is 4.05. The van der Waals surface area contributed by atoms with Gasteiger partial charge in [-0.15, -0.1) is 0 Å². The van der Waals surface area contributed by atoms with E-state index in [0.29, 0.717) is 12.2 Å². The van der Waals surface area contributed by atoms with Crippen LogP contribution in [0.15, 0.2) is 41.2 Å². The second-order valence-corrected chi connectivity index (χ2v) is 6.10. The highest BCUT2D eigenvalue weighted by atomic mass is 32.2. The molecule has 1 heterocycles. The lowest BCUT2D eigenvalue weighted by molar-refractivity contribution is 0.401. The molecule has 0 bridgehead atoms. The Balaban J connectivity index is 2.21. The molecule has 0 amide bonds. The van der Waals surface area contributed by atoms with Gasteiger partial charge in [0.1, 0.15) is 0 Å². The first-order valence-corrected chi connectivity index (χ1v) is 7.56. The minimum absolute atomic E-state index is 0.0101. The first-order valence-electron chi connectivity index (χ1n) is 5.91. The lowest BCUT2D eigenvalue weighted by Gasteiger charge is -2.14. The molecule has 1 unspecified atom stereocenters. The Kier molecular flexibility index (Phi) is 4.28. The fourth-order valence-corrected chi connectivity index (χ4v) is 2.46. The summed E-state index contributed by atoms with van der Waals surface area (Å²) in [5.41, 5.74) is 0.996. The quantitative estimate of drug-likeness (QED) is 0.862. The van der Waals surface area contributed by atoms with Crippen LogP contribution in [-0.4, -0.2) is 24.3 Å². The summed E-state index contributed by atoms with van der Waals surface area (Å²) in [6.07, 6.45) is 1.66. The molecule has 0 saturated heterocycles. The van der Waals surface area contributed by atoms with Crippen LogP contribution >= 0.6 is 0 Å². The van der Waals surface area contributed by atoms with Crippen molar-refractivity contribution in [1.29, 1.82) is 0 Å². The van der Waals surface area contributed by atoms with Crippen molar-refractivity contribution in [2.75, 3.05) is 5.75 Å². The zero-order chi connectivity index (χ0) is 13.7. The number of nitrogens with zero attached hydrogens (tertiary/aromatic N) is 2. The van der Waals surface area contributed by atoms with Crippen molar-refractivity contribution >= 4 is 10.0 Å². The molecule has 2 aromatic rings. The van der Waals surface area contributed by atoms with Gasteiger partial charge in [0.15, 0.2) is 5.82 Å². The smallest absolute Gasteiger partial charge is 0.213 e. The second kappa shape index (κ2) is 5.94. The van der Waals surface area contributed by atoms with Gasteiger partial charge in [0.05, 0.1) is 11.8 Å². The predicted octanol–water partition coefficient (Wildman–Crippen LogP) is 1.29. The van der Waals surface area contributed by atoms with E-state index in [1.807, 2.05) is 30.3 Å².